The van der Waals surface area contributed by atoms with Crippen LogP contribution in [0.5, 0.6) is 0 Å². The first-order valence-corrected chi connectivity index (χ1v) is 11.6. The van der Waals surface area contributed by atoms with Gasteiger partial charge in [0.15, 0.2) is 0 Å². The zero-order chi connectivity index (χ0) is 24.4. The van der Waals surface area contributed by atoms with Gasteiger partial charge < -0.3 is 5.32 Å². The number of rotatable bonds is 6. The van der Waals surface area contributed by atoms with Gasteiger partial charge in [0.05, 0.1) is 21.2 Å². The summed E-state index contributed by atoms with van der Waals surface area (Å²) in [4.78, 5) is 12.6. The summed E-state index contributed by atoms with van der Waals surface area (Å²) in [6, 6.07) is 14.8. The molecule has 3 aromatic carbocycles. The van der Waals surface area contributed by atoms with E-state index in [2.05, 4.69) is 5.32 Å². The Kier molecular flexibility index (Phi) is 7.26. The van der Waals surface area contributed by atoms with Gasteiger partial charge in [0.25, 0.3) is 10.0 Å². The second-order valence-electron chi connectivity index (χ2n) is 7.00. The van der Waals surface area contributed by atoms with Crippen molar-refractivity contribution in [2.45, 2.75) is 18.0 Å². The molecule has 0 saturated carbocycles. The summed E-state index contributed by atoms with van der Waals surface area (Å²) in [7, 11) is -4.20. The zero-order valence-corrected chi connectivity index (χ0v) is 19.4. The highest BCUT2D eigenvalue weighted by molar-refractivity contribution is 7.92. The second-order valence-corrected chi connectivity index (χ2v) is 9.68. The number of nitrogens with one attached hydrogen (secondary N) is 1. The number of benzene rings is 3. The van der Waals surface area contributed by atoms with Gasteiger partial charge >= 0.3 is 6.18 Å². The molecule has 0 aliphatic rings. The molecule has 33 heavy (non-hydrogen) atoms. The smallest absolute Gasteiger partial charge is 0.324 e. The van der Waals surface area contributed by atoms with Gasteiger partial charge in [0, 0.05) is 10.7 Å². The minimum atomic E-state index is -4.72. The topological polar surface area (TPSA) is 66.5 Å². The van der Waals surface area contributed by atoms with Crippen LogP contribution < -0.4 is 9.62 Å². The van der Waals surface area contributed by atoms with E-state index in [1.807, 2.05) is 0 Å². The van der Waals surface area contributed by atoms with E-state index >= 15 is 0 Å². The molecule has 1 amide bonds. The number of carbonyl (C=O) groups is 1. The van der Waals surface area contributed by atoms with Crippen molar-refractivity contribution in [1.29, 1.82) is 0 Å². The third-order valence-electron chi connectivity index (χ3n) is 4.62. The minimum Gasteiger partial charge on any atom is -0.324 e. The van der Waals surface area contributed by atoms with Crippen LogP contribution in [-0.2, 0) is 21.0 Å². The van der Waals surface area contributed by atoms with Gasteiger partial charge in [0.2, 0.25) is 5.91 Å². The van der Waals surface area contributed by atoms with E-state index < -0.39 is 39.2 Å². The van der Waals surface area contributed by atoms with E-state index in [0.717, 1.165) is 10.4 Å². The van der Waals surface area contributed by atoms with Crippen LogP contribution in [0.25, 0.3) is 0 Å². The molecule has 0 fully saturated rings. The van der Waals surface area contributed by atoms with Crippen LogP contribution in [0.1, 0.15) is 11.1 Å². The molecular formula is C22H17Cl2F3N2O3S. The Bertz CT molecular complexity index is 1280. The quantitative estimate of drug-likeness (QED) is 0.426. The molecule has 0 bridgehead atoms. The number of alkyl halides is 3. The van der Waals surface area contributed by atoms with Gasteiger partial charge in [-0.3, -0.25) is 9.10 Å². The van der Waals surface area contributed by atoms with Crippen LogP contribution in [0.15, 0.2) is 71.6 Å². The average Bonchev–Trinajstić information content (AvgIpc) is 2.75. The van der Waals surface area contributed by atoms with Crippen LogP contribution in [0.2, 0.25) is 10.0 Å². The molecule has 0 aliphatic heterocycles. The van der Waals surface area contributed by atoms with Gasteiger partial charge in [-0.25, -0.2) is 8.42 Å². The van der Waals surface area contributed by atoms with Gasteiger partial charge in [-0.1, -0.05) is 47.5 Å². The molecule has 0 atom stereocenters. The first-order valence-electron chi connectivity index (χ1n) is 9.40. The number of nitrogens with zero attached hydrogens (tertiary/aromatic N) is 1. The lowest BCUT2D eigenvalue weighted by Gasteiger charge is -2.24. The lowest BCUT2D eigenvalue weighted by molar-refractivity contribution is -0.137. The van der Waals surface area contributed by atoms with Crippen LogP contribution in [0.4, 0.5) is 24.5 Å². The molecule has 0 saturated heterocycles. The monoisotopic (exact) mass is 516 g/mol. The van der Waals surface area contributed by atoms with Crippen molar-refractivity contribution < 1.29 is 26.4 Å². The number of carbonyl (C=O) groups excluding carboxylic acids is 1. The molecule has 1 N–H and O–H groups in total. The van der Waals surface area contributed by atoms with E-state index in [1.54, 1.807) is 19.1 Å². The maximum atomic E-state index is 13.3. The molecule has 3 aromatic rings. The minimum absolute atomic E-state index is 0.0691. The molecule has 0 aliphatic carbocycles. The number of sulfonamides is 1. The van der Waals surface area contributed by atoms with Crippen LogP contribution >= 0.6 is 23.2 Å². The SMILES string of the molecule is Cc1ccc(N(CC(=O)Nc2ccc(Cl)c(C(F)(F)F)c2)S(=O)(=O)c2ccccc2)cc1Cl. The highest BCUT2D eigenvalue weighted by Crippen LogP contribution is 2.36. The highest BCUT2D eigenvalue weighted by Gasteiger charge is 2.34. The molecule has 0 heterocycles. The molecule has 0 unspecified atom stereocenters. The van der Waals surface area contributed by atoms with Gasteiger partial charge in [0.1, 0.15) is 6.54 Å². The van der Waals surface area contributed by atoms with Gasteiger partial charge in [-0.2, -0.15) is 13.2 Å². The fourth-order valence-electron chi connectivity index (χ4n) is 2.92. The first-order chi connectivity index (χ1) is 15.4. The highest BCUT2D eigenvalue weighted by atomic mass is 35.5. The Hall–Kier alpha value is -2.75. The van der Waals surface area contributed by atoms with E-state index in [9.17, 15) is 26.4 Å². The molecule has 3 rings (SSSR count). The number of anilines is 2. The Labute approximate surface area is 198 Å². The van der Waals surface area contributed by atoms with Crippen LogP contribution in [0, 0.1) is 6.92 Å². The maximum Gasteiger partial charge on any atom is 0.417 e. The lowest BCUT2D eigenvalue weighted by Crippen LogP contribution is -2.38. The maximum absolute atomic E-state index is 13.3. The van der Waals surface area contributed by atoms with Crippen molar-refractivity contribution in [1.82, 2.24) is 0 Å². The fraction of sp³-hybridized carbons (Fsp3) is 0.136. The summed E-state index contributed by atoms with van der Waals surface area (Å²) >= 11 is 11.8. The Morgan fingerprint density at radius 2 is 1.64 bits per heavy atom. The standard InChI is InChI=1S/C22H17Cl2F3N2O3S/c1-14-7-9-16(12-20(14)24)29(33(31,32)17-5-3-2-4-6-17)13-21(30)28-15-8-10-19(23)18(11-15)22(25,26)27/h2-12H,13H2,1H3,(H,28,30). The summed E-state index contributed by atoms with van der Waals surface area (Å²) in [6.45, 7) is 1.02. The van der Waals surface area contributed by atoms with Crippen molar-refractivity contribution in [3.63, 3.8) is 0 Å². The largest absolute Gasteiger partial charge is 0.417 e. The summed E-state index contributed by atoms with van der Waals surface area (Å²) in [6.07, 6.45) is -4.72. The van der Waals surface area contributed by atoms with Crippen molar-refractivity contribution in [2.24, 2.45) is 0 Å². The van der Waals surface area contributed by atoms with Crippen molar-refractivity contribution in [3.05, 3.63) is 87.9 Å². The summed E-state index contributed by atoms with van der Waals surface area (Å²) in [5.41, 5.74) is -0.490. The van der Waals surface area contributed by atoms with E-state index in [0.29, 0.717) is 11.6 Å². The normalized spacial score (nSPS) is 11.8. The molecular weight excluding hydrogens is 500 g/mol. The third-order valence-corrected chi connectivity index (χ3v) is 7.14. The van der Waals surface area contributed by atoms with Gasteiger partial charge in [-0.05, 0) is 55.0 Å². The number of hydrogen-bond acceptors (Lipinski definition) is 3. The predicted octanol–water partition coefficient (Wildman–Crippen LogP) is 6.15. The van der Waals surface area contributed by atoms with E-state index in [-0.39, 0.29) is 21.3 Å². The lowest BCUT2D eigenvalue weighted by atomic mass is 10.2. The number of amides is 1. The summed E-state index contributed by atoms with van der Waals surface area (Å²) < 4.78 is 66.7. The fourth-order valence-corrected chi connectivity index (χ4v) is 4.76. The third kappa shape index (κ3) is 5.79. The van der Waals surface area contributed by atoms with Crippen LogP contribution in [-0.4, -0.2) is 20.9 Å². The Morgan fingerprint density at radius 3 is 2.24 bits per heavy atom. The predicted molar refractivity (Wildman–Crippen MR) is 122 cm³/mol. The molecule has 11 heteroatoms. The molecule has 0 spiro atoms. The molecule has 5 nitrogen and oxygen atoms in total. The first kappa shape index (κ1) is 24.9. The van der Waals surface area contributed by atoms with Crippen LogP contribution in [0.3, 0.4) is 0 Å². The summed E-state index contributed by atoms with van der Waals surface area (Å²) in [5, 5.41) is 2.06. The molecule has 174 valence electrons. The molecule has 0 aromatic heterocycles. The molecule has 0 radical (unpaired) electrons. The number of hydrogen-bond donors (Lipinski definition) is 1. The van der Waals surface area contributed by atoms with Crippen molar-refractivity contribution in [2.75, 3.05) is 16.2 Å². The Morgan fingerprint density at radius 1 is 0.970 bits per heavy atom. The van der Waals surface area contributed by atoms with Crippen molar-refractivity contribution >= 4 is 50.5 Å². The average molecular weight is 517 g/mol. The zero-order valence-electron chi connectivity index (χ0n) is 17.0. The summed E-state index contributed by atoms with van der Waals surface area (Å²) in [5.74, 6) is -0.860. The Balaban J connectivity index is 1.95. The van der Waals surface area contributed by atoms with Crippen molar-refractivity contribution in [3.8, 4) is 0 Å². The number of halogens is 5. The van der Waals surface area contributed by atoms with Gasteiger partial charge in [-0.15, -0.1) is 0 Å². The van der Waals surface area contributed by atoms with E-state index in [4.69, 9.17) is 23.2 Å². The second kappa shape index (κ2) is 9.62. The van der Waals surface area contributed by atoms with E-state index in [1.165, 1.54) is 42.5 Å². The number of aryl methyl sites for hydroxylation is 1.